The minimum absolute atomic E-state index is 0.147. The number of carbonyl (C=O) groups is 1. The van der Waals surface area contributed by atoms with Crippen LogP contribution in [0.4, 0.5) is 0 Å². The molecule has 2 heterocycles. The minimum Gasteiger partial charge on any atom is -0.356 e. The molecule has 3 rings (SSSR count). The maximum absolute atomic E-state index is 12.2. The third-order valence-corrected chi connectivity index (χ3v) is 6.04. The predicted molar refractivity (Wildman–Crippen MR) is 113 cm³/mol. The van der Waals surface area contributed by atoms with E-state index in [1.54, 1.807) is 11.3 Å². The highest BCUT2D eigenvalue weighted by atomic mass is 32.1. The highest BCUT2D eigenvalue weighted by molar-refractivity contribution is 7.13. The van der Waals surface area contributed by atoms with Gasteiger partial charge in [0, 0.05) is 30.5 Å². The lowest BCUT2D eigenvalue weighted by atomic mass is 9.96. The van der Waals surface area contributed by atoms with Gasteiger partial charge in [0.05, 0.1) is 5.69 Å². The Balaban J connectivity index is 1.35. The standard InChI is InChI=1S/C22H31N3OS/c1-17(2)15-25-12-10-18(11-13-25)14-23-21(26)9-8-20-16-27-22(24-20)19-6-4-3-5-7-19/h3-7,16-18H,8-15H2,1-2H3,(H,23,26). The van der Waals surface area contributed by atoms with Crippen molar-refractivity contribution in [1.29, 1.82) is 0 Å². The average Bonchev–Trinajstić information content (AvgIpc) is 3.15. The molecule has 0 bridgehead atoms. The van der Waals surface area contributed by atoms with Gasteiger partial charge < -0.3 is 10.2 Å². The first kappa shape index (κ1) is 20.0. The molecule has 0 unspecified atom stereocenters. The Morgan fingerprint density at radius 1 is 1.26 bits per heavy atom. The Bertz CT molecular complexity index is 705. The van der Waals surface area contributed by atoms with Gasteiger partial charge >= 0.3 is 0 Å². The van der Waals surface area contributed by atoms with Crippen LogP contribution in [0, 0.1) is 11.8 Å². The molecule has 1 amide bonds. The molecule has 1 aliphatic heterocycles. The summed E-state index contributed by atoms with van der Waals surface area (Å²) < 4.78 is 0. The summed E-state index contributed by atoms with van der Waals surface area (Å²) in [4.78, 5) is 19.4. The molecule has 0 atom stereocenters. The predicted octanol–water partition coefficient (Wildman–Crippen LogP) is 4.23. The third kappa shape index (κ3) is 6.43. The van der Waals surface area contributed by atoms with Crippen LogP contribution in [0.25, 0.3) is 10.6 Å². The van der Waals surface area contributed by atoms with E-state index in [0.29, 0.717) is 18.8 Å². The number of carbonyl (C=O) groups excluding carboxylic acids is 1. The van der Waals surface area contributed by atoms with Crippen molar-refractivity contribution in [2.45, 2.75) is 39.5 Å². The largest absolute Gasteiger partial charge is 0.356 e. The highest BCUT2D eigenvalue weighted by Crippen LogP contribution is 2.23. The fraction of sp³-hybridized carbons (Fsp3) is 0.545. The first-order chi connectivity index (χ1) is 13.1. The van der Waals surface area contributed by atoms with Gasteiger partial charge in [-0.1, -0.05) is 44.2 Å². The Kier molecular flexibility index (Phi) is 7.41. The van der Waals surface area contributed by atoms with Crippen LogP contribution < -0.4 is 5.32 Å². The smallest absolute Gasteiger partial charge is 0.220 e. The van der Waals surface area contributed by atoms with Crippen molar-refractivity contribution in [3.05, 3.63) is 41.4 Å². The van der Waals surface area contributed by atoms with Gasteiger partial charge in [-0.25, -0.2) is 4.98 Å². The Hall–Kier alpha value is -1.72. The molecule has 0 saturated carbocycles. The number of aryl methyl sites for hydroxylation is 1. The van der Waals surface area contributed by atoms with Crippen LogP contribution in [0.1, 0.15) is 38.8 Å². The van der Waals surface area contributed by atoms with Gasteiger partial charge in [-0.05, 0) is 44.2 Å². The van der Waals surface area contributed by atoms with E-state index < -0.39 is 0 Å². The number of hydrogen-bond donors (Lipinski definition) is 1. The van der Waals surface area contributed by atoms with Crippen molar-refractivity contribution in [2.75, 3.05) is 26.2 Å². The zero-order chi connectivity index (χ0) is 19.1. The lowest BCUT2D eigenvalue weighted by Gasteiger charge is -2.33. The van der Waals surface area contributed by atoms with Crippen LogP contribution >= 0.6 is 11.3 Å². The number of thiazole rings is 1. The van der Waals surface area contributed by atoms with E-state index >= 15 is 0 Å². The topological polar surface area (TPSA) is 45.2 Å². The number of likely N-dealkylation sites (tertiary alicyclic amines) is 1. The first-order valence-electron chi connectivity index (χ1n) is 10.1. The molecule has 1 saturated heterocycles. The van der Waals surface area contributed by atoms with Gasteiger partial charge in [-0.2, -0.15) is 0 Å². The van der Waals surface area contributed by atoms with Gasteiger partial charge in [0.1, 0.15) is 5.01 Å². The molecule has 27 heavy (non-hydrogen) atoms. The lowest BCUT2D eigenvalue weighted by Crippen LogP contribution is -2.40. The van der Waals surface area contributed by atoms with E-state index in [1.165, 1.54) is 32.5 Å². The van der Waals surface area contributed by atoms with E-state index in [-0.39, 0.29) is 5.91 Å². The normalized spacial score (nSPS) is 16.0. The molecular formula is C22H31N3OS. The molecule has 2 aromatic rings. The van der Waals surface area contributed by atoms with Gasteiger partial charge in [0.25, 0.3) is 0 Å². The van der Waals surface area contributed by atoms with Crippen LogP contribution in [-0.2, 0) is 11.2 Å². The van der Waals surface area contributed by atoms with Crippen LogP contribution in [-0.4, -0.2) is 42.0 Å². The molecule has 1 aliphatic rings. The summed E-state index contributed by atoms with van der Waals surface area (Å²) in [6.07, 6.45) is 3.62. The molecule has 1 aromatic heterocycles. The van der Waals surface area contributed by atoms with Gasteiger partial charge in [-0.3, -0.25) is 4.79 Å². The van der Waals surface area contributed by atoms with Crippen LogP contribution in [0.5, 0.6) is 0 Å². The molecule has 1 fully saturated rings. The van der Waals surface area contributed by atoms with Gasteiger partial charge in [0.2, 0.25) is 5.91 Å². The number of amides is 1. The third-order valence-electron chi connectivity index (χ3n) is 5.10. The number of rotatable bonds is 8. The summed E-state index contributed by atoms with van der Waals surface area (Å²) in [6, 6.07) is 10.2. The second-order valence-corrected chi connectivity index (χ2v) is 8.81. The average molecular weight is 386 g/mol. The quantitative estimate of drug-likeness (QED) is 0.740. The minimum atomic E-state index is 0.147. The van der Waals surface area contributed by atoms with Crippen LogP contribution in [0.15, 0.2) is 35.7 Å². The van der Waals surface area contributed by atoms with E-state index in [1.807, 2.05) is 18.2 Å². The molecule has 4 nitrogen and oxygen atoms in total. The molecule has 1 N–H and O–H groups in total. The highest BCUT2D eigenvalue weighted by Gasteiger charge is 2.20. The molecule has 5 heteroatoms. The monoisotopic (exact) mass is 385 g/mol. The van der Waals surface area contributed by atoms with Crippen LogP contribution in [0.2, 0.25) is 0 Å². The summed E-state index contributed by atoms with van der Waals surface area (Å²) in [7, 11) is 0. The molecule has 146 valence electrons. The van der Waals surface area contributed by atoms with E-state index in [9.17, 15) is 4.79 Å². The number of nitrogens with zero attached hydrogens (tertiary/aromatic N) is 2. The zero-order valence-corrected chi connectivity index (χ0v) is 17.3. The molecule has 0 aliphatic carbocycles. The number of nitrogens with one attached hydrogen (secondary N) is 1. The van der Waals surface area contributed by atoms with Crippen molar-refractivity contribution >= 4 is 17.2 Å². The summed E-state index contributed by atoms with van der Waals surface area (Å²) in [5, 5.41) is 6.23. The fourth-order valence-electron chi connectivity index (χ4n) is 3.61. The maximum atomic E-state index is 12.2. The Morgan fingerprint density at radius 2 is 2.00 bits per heavy atom. The number of benzene rings is 1. The summed E-state index contributed by atoms with van der Waals surface area (Å²) in [5.74, 6) is 1.50. The number of aromatic nitrogens is 1. The van der Waals surface area contributed by atoms with Gasteiger partial charge in [0.15, 0.2) is 0 Å². The summed E-state index contributed by atoms with van der Waals surface area (Å²) in [6.45, 7) is 8.90. The Labute approximate surface area is 167 Å². The fourth-order valence-corrected chi connectivity index (χ4v) is 4.47. The second-order valence-electron chi connectivity index (χ2n) is 7.95. The van der Waals surface area contributed by atoms with E-state index in [0.717, 1.165) is 28.7 Å². The SMILES string of the molecule is CC(C)CN1CCC(CNC(=O)CCc2csc(-c3ccccc3)n2)CC1. The van der Waals surface area contributed by atoms with Crippen molar-refractivity contribution in [1.82, 2.24) is 15.2 Å². The molecule has 0 spiro atoms. The number of hydrogen-bond acceptors (Lipinski definition) is 4. The molecule has 1 aromatic carbocycles. The lowest BCUT2D eigenvalue weighted by molar-refractivity contribution is -0.121. The Morgan fingerprint density at radius 3 is 2.70 bits per heavy atom. The van der Waals surface area contributed by atoms with E-state index in [2.05, 4.69) is 46.6 Å². The molecule has 0 radical (unpaired) electrons. The summed E-state index contributed by atoms with van der Waals surface area (Å²) in [5.41, 5.74) is 2.15. The zero-order valence-electron chi connectivity index (χ0n) is 16.5. The van der Waals surface area contributed by atoms with Crippen LogP contribution in [0.3, 0.4) is 0 Å². The summed E-state index contributed by atoms with van der Waals surface area (Å²) >= 11 is 1.65. The van der Waals surface area contributed by atoms with Crippen molar-refractivity contribution in [3.8, 4) is 10.6 Å². The second kappa shape index (κ2) is 10.00. The van der Waals surface area contributed by atoms with Crippen molar-refractivity contribution in [2.24, 2.45) is 11.8 Å². The maximum Gasteiger partial charge on any atom is 0.220 e. The van der Waals surface area contributed by atoms with Gasteiger partial charge in [-0.15, -0.1) is 11.3 Å². The van der Waals surface area contributed by atoms with E-state index in [4.69, 9.17) is 0 Å². The van der Waals surface area contributed by atoms with Crippen molar-refractivity contribution < 1.29 is 4.79 Å². The number of piperidine rings is 1. The van der Waals surface area contributed by atoms with Crippen molar-refractivity contribution in [3.63, 3.8) is 0 Å². The molecular weight excluding hydrogens is 354 g/mol. The first-order valence-corrected chi connectivity index (χ1v) is 11.0.